The molecule has 0 aliphatic carbocycles. The van der Waals surface area contributed by atoms with Gasteiger partial charge in [0.05, 0.1) is 50.7 Å². The van der Waals surface area contributed by atoms with Crippen molar-refractivity contribution in [2.75, 3.05) is 44.1 Å². The molecule has 0 radical (unpaired) electrons. The van der Waals surface area contributed by atoms with Crippen molar-refractivity contribution in [3.63, 3.8) is 0 Å². The maximum atomic E-state index is 12.3. The van der Waals surface area contributed by atoms with E-state index in [1.54, 1.807) is 18.9 Å². The van der Waals surface area contributed by atoms with Crippen LogP contribution < -0.4 is 19.7 Å². The molecule has 1 aromatic carbocycles. The Hall–Kier alpha value is -4.54. The number of hydrogen-bond donors (Lipinski definition) is 1. The molecule has 1 fully saturated rings. The third-order valence-corrected chi connectivity index (χ3v) is 7.61. The number of anilines is 2. The van der Waals surface area contributed by atoms with Crippen LogP contribution in [0.25, 0.3) is 22.4 Å². The van der Waals surface area contributed by atoms with E-state index < -0.39 is 5.41 Å². The van der Waals surface area contributed by atoms with E-state index in [2.05, 4.69) is 25.3 Å². The fourth-order valence-electron chi connectivity index (χ4n) is 5.18. The van der Waals surface area contributed by atoms with E-state index in [9.17, 15) is 4.79 Å². The second-order valence-electron chi connectivity index (χ2n) is 11.8. The molecule has 1 saturated heterocycles. The standard InChI is InChI=1S/C31H36N6O5/c1-31(2,3)30(38)34-27-9-8-20(15-32-27)36-10-6-7-19(16-36)18-41-24-11-21(39-4)12-25-22(24)13-26(42-25)23-17-37-28(33-23)14-29(35-37)40-5/h8-9,11-13,15,17,19H,6-7,10,14,16,18H2,1-5H3,(H,32,34,38). The molecule has 2 aliphatic heterocycles. The van der Waals surface area contributed by atoms with Crippen molar-refractivity contribution in [3.8, 4) is 23.0 Å². The summed E-state index contributed by atoms with van der Waals surface area (Å²) in [5, 5.41) is 8.14. The van der Waals surface area contributed by atoms with Crippen molar-refractivity contribution in [2.24, 2.45) is 16.4 Å². The summed E-state index contributed by atoms with van der Waals surface area (Å²) in [6.07, 6.45) is 6.34. The Balaban J connectivity index is 1.14. The number of piperidine rings is 1. The molecule has 6 rings (SSSR count). The van der Waals surface area contributed by atoms with Crippen molar-refractivity contribution in [2.45, 2.75) is 40.0 Å². The quantitative estimate of drug-likeness (QED) is 0.315. The van der Waals surface area contributed by atoms with Gasteiger partial charge in [-0.2, -0.15) is 0 Å². The Labute approximate surface area is 244 Å². The largest absolute Gasteiger partial charge is 0.496 e. The average Bonchev–Trinajstić information content (AvgIpc) is 3.69. The highest BCUT2D eigenvalue weighted by Crippen LogP contribution is 2.37. The summed E-state index contributed by atoms with van der Waals surface area (Å²) >= 11 is 0. The molecule has 0 bridgehead atoms. The van der Waals surface area contributed by atoms with Gasteiger partial charge in [0.2, 0.25) is 11.8 Å². The molecule has 42 heavy (non-hydrogen) atoms. The Morgan fingerprint density at radius 1 is 1.17 bits per heavy atom. The molecule has 1 atom stereocenters. The predicted octanol–water partition coefficient (Wildman–Crippen LogP) is 5.34. The number of amides is 1. The average molecular weight is 573 g/mol. The summed E-state index contributed by atoms with van der Waals surface area (Å²) in [7, 11) is 3.24. The monoisotopic (exact) mass is 572 g/mol. The summed E-state index contributed by atoms with van der Waals surface area (Å²) in [5.74, 6) is 4.28. The number of fused-ring (bicyclic) bond motifs is 2. The summed E-state index contributed by atoms with van der Waals surface area (Å²) < 4.78 is 25.1. The van der Waals surface area contributed by atoms with Crippen molar-refractivity contribution < 1.29 is 23.4 Å². The molecule has 5 heterocycles. The van der Waals surface area contributed by atoms with Gasteiger partial charge in [-0.1, -0.05) is 20.8 Å². The first-order valence-corrected chi connectivity index (χ1v) is 14.2. The lowest BCUT2D eigenvalue weighted by molar-refractivity contribution is -0.123. The van der Waals surface area contributed by atoms with E-state index in [0.29, 0.717) is 59.2 Å². The Kier molecular flexibility index (Phi) is 7.26. The fraction of sp³-hybridized carbons (Fsp3) is 0.419. The molecule has 11 nitrogen and oxygen atoms in total. The predicted molar refractivity (Wildman–Crippen MR) is 160 cm³/mol. The number of nitrogens with one attached hydrogen (secondary N) is 1. The first-order valence-electron chi connectivity index (χ1n) is 14.2. The molecular weight excluding hydrogens is 536 g/mol. The molecule has 220 valence electrons. The highest BCUT2D eigenvalue weighted by Gasteiger charge is 2.25. The van der Waals surface area contributed by atoms with Gasteiger partial charge in [-0.05, 0) is 31.0 Å². The minimum atomic E-state index is -0.476. The van der Waals surface area contributed by atoms with Crippen LogP contribution in [0.3, 0.4) is 0 Å². The van der Waals surface area contributed by atoms with E-state index in [1.165, 1.54) is 0 Å². The SMILES string of the molecule is COC1=Nn2cc(-c3cc4c(OCC5CCCN(c6ccc(NC(=O)C(C)(C)C)nc6)C5)cc(OC)cc4o3)nc2C1. The van der Waals surface area contributed by atoms with Gasteiger partial charge in [0.15, 0.2) is 5.76 Å². The van der Waals surface area contributed by atoms with Crippen LogP contribution in [0.4, 0.5) is 11.5 Å². The minimum absolute atomic E-state index is 0.0576. The highest BCUT2D eigenvalue weighted by atomic mass is 16.5. The van der Waals surface area contributed by atoms with Crippen molar-refractivity contribution >= 4 is 34.3 Å². The van der Waals surface area contributed by atoms with Gasteiger partial charge in [0.1, 0.15) is 34.4 Å². The zero-order chi connectivity index (χ0) is 29.4. The van der Waals surface area contributed by atoms with Crippen LogP contribution >= 0.6 is 0 Å². The lowest BCUT2D eigenvalue weighted by Crippen LogP contribution is -2.37. The fourth-order valence-corrected chi connectivity index (χ4v) is 5.18. The van der Waals surface area contributed by atoms with Gasteiger partial charge < -0.3 is 28.8 Å². The summed E-state index contributed by atoms with van der Waals surface area (Å²) in [5.41, 5.74) is 1.93. The van der Waals surface area contributed by atoms with E-state index in [4.69, 9.17) is 18.6 Å². The van der Waals surface area contributed by atoms with E-state index in [1.807, 2.05) is 63.5 Å². The molecule has 0 saturated carbocycles. The molecule has 2 aliphatic rings. The zero-order valence-corrected chi connectivity index (χ0v) is 24.6. The second-order valence-corrected chi connectivity index (χ2v) is 11.8. The minimum Gasteiger partial charge on any atom is -0.496 e. The Morgan fingerprint density at radius 3 is 2.74 bits per heavy atom. The van der Waals surface area contributed by atoms with Crippen LogP contribution in [0.5, 0.6) is 11.5 Å². The molecule has 1 N–H and O–H groups in total. The molecule has 11 heteroatoms. The maximum Gasteiger partial charge on any atom is 0.230 e. The van der Waals surface area contributed by atoms with Gasteiger partial charge in [-0.15, -0.1) is 5.10 Å². The summed E-state index contributed by atoms with van der Waals surface area (Å²) in [6, 6.07) is 9.60. The smallest absolute Gasteiger partial charge is 0.230 e. The molecule has 0 spiro atoms. The lowest BCUT2D eigenvalue weighted by atomic mass is 9.96. The first kappa shape index (κ1) is 27.6. The number of benzene rings is 1. The molecule has 1 unspecified atom stereocenters. The van der Waals surface area contributed by atoms with Crippen molar-refractivity contribution in [1.29, 1.82) is 0 Å². The van der Waals surface area contributed by atoms with Crippen LogP contribution in [-0.4, -0.2) is 60.4 Å². The van der Waals surface area contributed by atoms with E-state index >= 15 is 0 Å². The number of carbonyl (C=O) groups is 1. The number of carbonyl (C=O) groups excluding carboxylic acids is 1. The van der Waals surface area contributed by atoms with Crippen molar-refractivity contribution in [3.05, 3.63) is 48.5 Å². The molecular formula is C31H36N6O5. The van der Waals surface area contributed by atoms with Crippen LogP contribution in [0.15, 0.2) is 52.2 Å². The highest BCUT2D eigenvalue weighted by molar-refractivity contribution is 5.93. The number of furan rings is 1. The van der Waals surface area contributed by atoms with Crippen molar-refractivity contribution in [1.82, 2.24) is 14.6 Å². The molecule has 1 amide bonds. The Bertz CT molecular complexity index is 1630. The summed E-state index contributed by atoms with van der Waals surface area (Å²) in [6.45, 7) is 8.00. The zero-order valence-electron chi connectivity index (χ0n) is 24.6. The summed E-state index contributed by atoms with van der Waals surface area (Å²) in [4.78, 5) is 23.8. The topological polar surface area (TPSA) is 116 Å². The number of pyridine rings is 1. The lowest BCUT2D eigenvalue weighted by Gasteiger charge is -2.34. The van der Waals surface area contributed by atoms with Gasteiger partial charge in [0, 0.05) is 36.6 Å². The van der Waals surface area contributed by atoms with E-state index in [0.717, 1.165) is 42.8 Å². The number of methoxy groups -OCH3 is 2. The van der Waals surface area contributed by atoms with Crippen LogP contribution in [0.2, 0.25) is 0 Å². The third kappa shape index (κ3) is 5.63. The number of nitrogens with zero attached hydrogens (tertiary/aromatic N) is 5. The van der Waals surface area contributed by atoms with Crippen LogP contribution in [-0.2, 0) is 16.0 Å². The maximum absolute atomic E-state index is 12.3. The normalized spacial score (nSPS) is 16.7. The van der Waals surface area contributed by atoms with Gasteiger partial charge in [0.25, 0.3) is 0 Å². The van der Waals surface area contributed by atoms with E-state index in [-0.39, 0.29) is 5.91 Å². The molecule has 4 aromatic rings. The van der Waals surface area contributed by atoms with Crippen LogP contribution in [0.1, 0.15) is 39.4 Å². The number of imidazole rings is 1. The second kappa shape index (κ2) is 11.0. The Morgan fingerprint density at radius 2 is 2.02 bits per heavy atom. The van der Waals surface area contributed by atoms with Gasteiger partial charge in [-0.25, -0.2) is 14.6 Å². The van der Waals surface area contributed by atoms with Gasteiger partial charge in [-0.3, -0.25) is 4.79 Å². The first-order chi connectivity index (χ1) is 20.2. The third-order valence-electron chi connectivity index (χ3n) is 7.61. The van der Waals surface area contributed by atoms with Crippen LogP contribution in [0, 0.1) is 11.3 Å². The number of ether oxygens (including phenoxy) is 3. The number of aromatic nitrogens is 3. The van der Waals surface area contributed by atoms with Gasteiger partial charge >= 0.3 is 0 Å². The number of rotatable bonds is 7. The number of hydrogen-bond acceptors (Lipinski definition) is 9. The molecule has 3 aromatic heterocycles.